The molecule has 1 amide bonds. The molecule has 27 heavy (non-hydrogen) atoms. The van der Waals surface area contributed by atoms with E-state index in [9.17, 15) is 4.79 Å². The number of hydrogen-bond donors (Lipinski definition) is 0. The first-order chi connectivity index (χ1) is 13.2. The quantitative estimate of drug-likeness (QED) is 0.715. The molecule has 138 valence electrons. The van der Waals surface area contributed by atoms with Gasteiger partial charge in [-0.15, -0.1) is 0 Å². The van der Waals surface area contributed by atoms with E-state index >= 15 is 0 Å². The third-order valence-corrected chi connectivity index (χ3v) is 4.90. The fourth-order valence-corrected chi connectivity index (χ4v) is 3.46. The smallest absolute Gasteiger partial charge is 0.276 e. The molecule has 1 aliphatic rings. The van der Waals surface area contributed by atoms with Gasteiger partial charge in [0.05, 0.1) is 0 Å². The Morgan fingerprint density at radius 3 is 2.74 bits per heavy atom. The molecule has 0 saturated carbocycles. The molecular weight excluding hydrogens is 340 g/mol. The number of carbonyl (C=O) groups is 1. The minimum absolute atomic E-state index is 0.0748. The number of anilines is 1. The highest BCUT2D eigenvalue weighted by atomic mass is 16.5. The molecule has 1 saturated heterocycles. The molecule has 6 heteroatoms. The molecule has 4 rings (SSSR count). The second-order valence-electron chi connectivity index (χ2n) is 6.74. The highest BCUT2D eigenvalue weighted by Gasteiger charge is 2.23. The van der Waals surface area contributed by atoms with E-state index in [1.807, 2.05) is 53.7 Å². The van der Waals surface area contributed by atoms with E-state index in [1.165, 1.54) is 5.69 Å². The van der Waals surface area contributed by atoms with E-state index in [1.54, 1.807) is 6.07 Å². The lowest BCUT2D eigenvalue weighted by Crippen LogP contribution is -2.35. The Labute approximate surface area is 158 Å². The van der Waals surface area contributed by atoms with Crippen LogP contribution in [0.2, 0.25) is 0 Å². The molecule has 1 aromatic carbocycles. The van der Waals surface area contributed by atoms with Crippen LogP contribution in [0.3, 0.4) is 0 Å². The predicted octanol–water partition coefficient (Wildman–Crippen LogP) is 3.40. The molecule has 2 aromatic heterocycles. The van der Waals surface area contributed by atoms with Crippen molar-refractivity contribution >= 4 is 11.6 Å². The lowest BCUT2D eigenvalue weighted by molar-refractivity contribution is 0.0756. The van der Waals surface area contributed by atoms with Gasteiger partial charge in [0, 0.05) is 55.9 Å². The summed E-state index contributed by atoms with van der Waals surface area (Å²) in [4.78, 5) is 21.2. The Hall–Kier alpha value is -3.15. The summed E-state index contributed by atoms with van der Waals surface area (Å²) in [6.07, 6.45) is 4.61. The number of nitrogens with zero attached hydrogens (tertiary/aromatic N) is 4. The first kappa shape index (κ1) is 17.3. The van der Waals surface area contributed by atoms with Crippen molar-refractivity contribution in [3.05, 3.63) is 66.1 Å². The van der Waals surface area contributed by atoms with Crippen LogP contribution in [0.15, 0.2) is 59.4 Å². The van der Waals surface area contributed by atoms with Crippen molar-refractivity contribution in [2.75, 3.05) is 31.1 Å². The molecule has 3 aromatic rings. The first-order valence-electron chi connectivity index (χ1n) is 9.19. The van der Waals surface area contributed by atoms with Crippen LogP contribution in [0.1, 0.15) is 22.5 Å². The van der Waals surface area contributed by atoms with E-state index in [-0.39, 0.29) is 5.91 Å². The summed E-state index contributed by atoms with van der Waals surface area (Å²) in [5.74, 6) is 0.539. The van der Waals surface area contributed by atoms with Crippen molar-refractivity contribution in [3.8, 4) is 11.3 Å². The maximum absolute atomic E-state index is 12.9. The van der Waals surface area contributed by atoms with Gasteiger partial charge in [0.2, 0.25) is 0 Å². The van der Waals surface area contributed by atoms with E-state index in [0.29, 0.717) is 24.5 Å². The first-order valence-corrected chi connectivity index (χ1v) is 9.19. The Morgan fingerprint density at radius 1 is 1.07 bits per heavy atom. The summed E-state index contributed by atoms with van der Waals surface area (Å²) >= 11 is 0. The van der Waals surface area contributed by atoms with Crippen molar-refractivity contribution in [2.45, 2.75) is 13.3 Å². The van der Waals surface area contributed by atoms with Gasteiger partial charge in [0.15, 0.2) is 11.5 Å². The van der Waals surface area contributed by atoms with Gasteiger partial charge >= 0.3 is 0 Å². The molecule has 1 fully saturated rings. The average Bonchev–Trinajstić information content (AvgIpc) is 3.07. The van der Waals surface area contributed by atoms with E-state index in [2.05, 4.69) is 22.0 Å². The van der Waals surface area contributed by atoms with Crippen molar-refractivity contribution in [2.24, 2.45) is 0 Å². The second-order valence-corrected chi connectivity index (χ2v) is 6.74. The maximum Gasteiger partial charge on any atom is 0.276 e. The predicted molar refractivity (Wildman–Crippen MR) is 104 cm³/mol. The molecule has 1 aliphatic heterocycles. The van der Waals surface area contributed by atoms with Crippen molar-refractivity contribution in [1.29, 1.82) is 0 Å². The minimum Gasteiger partial charge on any atom is -0.369 e. The van der Waals surface area contributed by atoms with Crippen LogP contribution in [0, 0.1) is 6.92 Å². The van der Waals surface area contributed by atoms with E-state index in [0.717, 1.165) is 30.6 Å². The largest absolute Gasteiger partial charge is 0.369 e. The Kier molecular flexibility index (Phi) is 4.87. The molecule has 3 heterocycles. The Morgan fingerprint density at radius 2 is 1.93 bits per heavy atom. The van der Waals surface area contributed by atoms with Gasteiger partial charge in [-0.05, 0) is 25.0 Å². The van der Waals surface area contributed by atoms with Crippen LogP contribution >= 0.6 is 0 Å². The summed E-state index contributed by atoms with van der Waals surface area (Å²) in [6, 6.07) is 13.5. The van der Waals surface area contributed by atoms with Crippen molar-refractivity contribution in [3.63, 3.8) is 0 Å². The third-order valence-electron chi connectivity index (χ3n) is 4.90. The standard InChI is InChI=1S/C21H22N4O2/c1-16-15-22-9-8-19(16)24-10-5-11-25(13-12-24)21(26)18-14-20(27-23-18)17-6-3-2-4-7-17/h2-4,6-9,14-15H,5,10-13H2,1H3. The highest BCUT2D eigenvalue weighted by Crippen LogP contribution is 2.22. The molecule has 0 radical (unpaired) electrons. The SMILES string of the molecule is Cc1cnccc1N1CCCN(C(=O)c2cc(-c3ccccc3)on2)CC1. The Balaban J connectivity index is 1.46. The number of aromatic nitrogens is 2. The van der Waals surface area contributed by atoms with Gasteiger partial charge in [0.25, 0.3) is 5.91 Å². The summed E-state index contributed by atoms with van der Waals surface area (Å²) in [7, 11) is 0. The Bertz CT molecular complexity index is 923. The zero-order chi connectivity index (χ0) is 18.6. The van der Waals surface area contributed by atoms with Crippen LogP contribution < -0.4 is 4.90 Å². The molecule has 0 spiro atoms. The average molecular weight is 362 g/mol. The van der Waals surface area contributed by atoms with Crippen LogP contribution in [-0.2, 0) is 0 Å². The van der Waals surface area contributed by atoms with Crippen molar-refractivity contribution < 1.29 is 9.32 Å². The summed E-state index contributed by atoms with van der Waals surface area (Å²) in [5, 5.41) is 4.00. The number of benzene rings is 1. The number of pyridine rings is 1. The molecule has 0 aliphatic carbocycles. The normalized spacial score (nSPS) is 14.9. The van der Waals surface area contributed by atoms with Gasteiger partial charge in [-0.3, -0.25) is 9.78 Å². The van der Waals surface area contributed by atoms with Crippen LogP contribution in [-0.4, -0.2) is 47.1 Å². The fraction of sp³-hybridized carbons (Fsp3) is 0.286. The summed E-state index contributed by atoms with van der Waals surface area (Å²) < 4.78 is 5.39. The summed E-state index contributed by atoms with van der Waals surface area (Å²) in [6.45, 7) is 5.15. The van der Waals surface area contributed by atoms with Gasteiger partial charge in [0.1, 0.15) is 0 Å². The van der Waals surface area contributed by atoms with Crippen LogP contribution in [0.25, 0.3) is 11.3 Å². The maximum atomic E-state index is 12.9. The number of aryl methyl sites for hydroxylation is 1. The number of hydrogen-bond acceptors (Lipinski definition) is 5. The highest BCUT2D eigenvalue weighted by molar-refractivity contribution is 5.93. The molecule has 0 N–H and O–H groups in total. The van der Waals surface area contributed by atoms with Gasteiger partial charge in [-0.25, -0.2) is 0 Å². The van der Waals surface area contributed by atoms with Crippen molar-refractivity contribution in [1.82, 2.24) is 15.0 Å². The molecule has 6 nitrogen and oxygen atoms in total. The monoisotopic (exact) mass is 362 g/mol. The van der Waals surface area contributed by atoms with Crippen LogP contribution in [0.5, 0.6) is 0 Å². The minimum atomic E-state index is -0.0748. The third kappa shape index (κ3) is 3.69. The number of carbonyl (C=O) groups excluding carboxylic acids is 1. The molecule has 0 unspecified atom stereocenters. The number of amides is 1. The van der Waals surface area contributed by atoms with Gasteiger partial charge in [-0.1, -0.05) is 35.5 Å². The lowest BCUT2D eigenvalue weighted by atomic mass is 10.1. The zero-order valence-corrected chi connectivity index (χ0v) is 15.3. The number of rotatable bonds is 3. The van der Waals surface area contributed by atoms with Crippen LogP contribution in [0.4, 0.5) is 5.69 Å². The van der Waals surface area contributed by atoms with Gasteiger partial charge < -0.3 is 14.3 Å². The van der Waals surface area contributed by atoms with Gasteiger partial charge in [-0.2, -0.15) is 0 Å². The fourth-order valence-electron chi connectivity index (χ4n) is 3.46. The topological polar surface area (TPSA) is 62.5 Å². The second kappa shape index (κ2) is 7.61. The molecule has 0 atom stereocenters. The lowest BCUT2D eigenvalue weighted by Gasteiger charge is -2.24. The molecular formula is C21H22N4O2. The zero-order valence-electron chi connectivity index (χ0n) is 15.3. The summed E-state index contributed by atoms with van der Waals surface area (Å²) in [5.41, 5.74) is 3.62. The molecule has 0 bridgehead atoms. The van der Waals surface area contributed by atoms with E-state index < -0.39 is 0 Å². The van der Waals surface area contributed by atoms with E-state index in [4.69, 9.17) is 4.52 Å².